The lowest BCUT2D eigenvalue weighted by Gasteiger charge is -2.24. The Hall–Kier alpha value is -3.38. The van der Waals surface area contributed by atoms with Gasteiger partial charge in [0.2, 0.25) is 11.8 Å². The highest BCUT2D eigenvalue weighted by Crippen LogP contribution is 2.37. The number of carbonyl (C=O) groups is 1. The Bertz CT molecular complexity index is 1350. The molecule has 0 fully saturated rings. The maximum Gasteiger partial charge on any atom is 0.250 e. The Balaban J connectivity index is 1.87. The molecule has 180 valence electrons. The zero-order valence-corrected chi connectivity index (χ0v) is 19.9. The van der Waals surface area contributed by atoms with Crippen LogP contribution >= 0.6 is 0 Å². The number of nitrogens with zero attached hydrogens (tertiary/aromatic N) is 4. The molecule has 3 heterocycles. The lowest BCUT2D eigenvalue weighted by molar-refractivity contribution is -0.119. The second-order valence-electron chi connectivity index (χ2n) is 8.96. The number of halogens is 1. The van der Waals surface area contributed by atoms with E-state index in [1.807, 2.05) is 20.8 Å². The maximum absolute atomic E-state index is 15.1. The molecule has 1 aliphatic heterocycles. The van der Waals surface area contributed by atoms with Crippen LogP contribution in [0.25, 0.3) is 11.5 Å². The third kappa shape index (κ3) is 4.38. The highest BCUT2D eigenvalue weighted by atomic mass is 32.2. The van der Waals surface area contributed by atoms with Crippen LogP contribution in [0, 0.1) is 5.82 Å². The first-order valence-corrected chi connectivity index (χ1v) is 12.0. The molecule has 0 radical (unpaired) electrons. The minimum Gasteiger partial charge on any atom is -0.495 e. The number of carbonyl (C=O) groups excluding carboxylic acids is 1. The number of sulfone groups is 1. The van der Waals surface area contributed by atoms with Gasteiger partial charge < -0.3 is 19.8 Å². The summed E-state index contributed by atoms with van der Waals surface area (Å²) in [6, 6.07) is 4.04. The van der Waals surface area contributed by atoms with Gasteiger partial charge in [0.1, 0.15) is 11.6 Å². The first-order chi connectivity index (χ1) is 15.9. The number of nitrogens with two attached hydrogens (primary N) is 1. The second-order valence-corrected chi connectivity index (χ2v) is 11.0. The zero-order valence-electron chi connectivity index (χ0n) is 19.1. The molecular weight excluding hydrogens is 465 g/mol. The van der Waals surface area contributed by atoms with E-state index in [4.69, 9.17) is 14.9 Å². The highest BCUT2D eigenvalue weighted by Gasteiger charge is 2.38. The van der Waals surface area contributed by atoms with E-state index in [1.165, 1.54) is 24.3 Å². The van der Waals surface area contributed by atoms with Crippen LogP contribution in [0.2, 0.25) is 0 Å². The molecule has 0 aliphatic carbocycles. The van der Waals surface area contributed by atoms with Crippen molar-refractivity contribution >= 4 is 21.4 Å². The number of anilines is 1. The summed E-state index contributed by atoms with van der Waals surface area (Å²) in [4.78, 5) is 18.2. The number of hydrogen-bond donors (Lipinski definition) is 1. The van der Waals surface area contributed by atoms with Crippen LogP contribution in [0.1, 0.15) is 32.4 Å². The van der Waals surface area contributed by atoms with E-state index < -0.39 is 38.8 Å². The molecule has 1 atom stereocenters. The molecule has 4 rings (SSSR count). The Labute approximate surface area is 195 Å². The van der Waals surface area contributed by atoms with Crippen molar-refractivity contribution in [3.8, 4) is 17.2 Å². The average Bonchev–Trinajstić information content (AvgIpc) is 3.25. The summed E-state index contributed by atoms with van der Waals surface area (Å²) in [7, 11) is -2.58. The number of pyridine rings is 1. The summed E-state index contributed by atoms with van der Waals surface area (Å²) in [5.74, 6) is -1.51. The van der Waals surface area contributed by atoms with E-state index in [9.17, 15) is 13.2 Å². The van der Waals surface area contributed by atoms with Gasteiger partial charge in [0.05, 0.1) is 53.5 Å². The molecule has 0 bridgehead atoms. The van der Waals surface area contributed by atoms with Crippen LogP contribution in [0.3, 0.4) is 0 Å². The first-order valence-electron chi connectivity index (χ1n) is 10.4. The number of rotatable bonds is 4. The highest BCUT2D eigenvalue weighted by molar-refractivity contribution is 7.91. The second kappa shape index (κ2) is 8.44. The van der Waals surface area contributed by atoms with Crippen molar-refractivity contribution in [3.05, 3.63) is 47.9 Å². The summed E-state index contributed by atoms with van der Waals surface area (Å²) >= 11 is 0. The Morgan fingerprint density at radius 3 is 2.59 bits per heavy atom. The number of fused-ring (bicyclic) bond motifs is 1. The third-order valence-corrected chi connectivity index (χ3v) is 7.10. The largest absolute Gasteiger partial charge is 0.495 e. The first kappa shape index (κ1) is 23.8. The quantitative estimate of drug-likeness (QED) is 0.584. The standard InChI is InChI=1S/C22H24FN5O5S/c1-22(2,3)21-27-26-19(33-21)14-7-17-18(8-15(14)23)34(30,31)11-16(24)20(29)28(17)10-12-5-6-13(32-4)9-25-12/h5-9,16H,10-11,24H2,1-4H3/t16-/m0/s1. The van der Waals surface area contributed by atoms with Gasteiger partial charge in [0.25, 0.3) is 5.89 Å². The molecule has 34 heavy (non-hydrogen) atoms. The topological polar surface area (TPSA) is 142 Å². The molecule has 10 nitrogen and oxygen atoms in total. The van der Waals surface area contributed by atoms with Gasteiger partial charge in [0, 0.05) is 5.41 Å². The zero-order chi connectivity index (χ0) is 24.8. The summed E-state index contributed by atoms with van der Waals surface area (Å²) in [5, 5.41) is 7.89. The SMILES string of the molecule is COc1ccc(CN2C(=O)[C@@H](N)CS(=O)(=O)c3cc(F)c(-c4nnc(C(C)(C)C)o4)cc32)nc1. The summed E-state index contributed by atoms with van der Waals surface area (Å²) in [5.41, 5.74) is 5.71. The van der Waals surface area contributed by atoms with Gasteiger partial charge in [-0.1, -0.05) is 20.8 Å². The van der Waals surface area contributed by atoms with Crippen molar-refractivity contribution in [3.63, 3.8) is 0 Å². The number of aromatic nitrogens is 3. The normalized spacial score (nSPS) is 17.9. The summed E-state index contributed by atoms with van der Waals surface area (Å²) in [6.07, 6.45) is 1.47. The molecule has 0 saturated carbocycles. The van der Waals surface area contributed by atoms with E-state index in [0.717, 1.165) is 6.07 Å². The van der Waals surface area contributed by atoms with Gasteiger partial charge in [-0.2, -0.15) is 0 Å². The third-order valence-electron chi connectivity index (χ3n) is 5.31. The number of methoxy groups -OCH3 is 1. The molecule has 1 aromatic carbocycles. The molecule has 0 saturated heterocycles. The van der Waals surface area contributed by atoms with Crippen LogP contribution in [0.5, 0.6) is 5.75 Å². The van der Waals surface area contributed by atoms with Gasteiger partial charge in [-0.3, -0.25) is 9.78 Å². The lowest BCUT2D eigenvalue weighted by atomic mass is 9.97. The maximum atomic E-state index is 15.1. The van der Waals surface area contributed by atoms with E-state index >= 15 is 4.39 Å². The lowest BCUT2D eigenvalue weighted by Crippen LogP contribution is -2.45. The van der Waals surface area contributed by atoms with E-state index in [2.05, 4.69) is 15.2 Å². The van der Waals surface area contributed by atoms with Crippen LogP contribution in [-0.2, 0) is 26.6 Å². The molecule has 0 spiro atoms. The minimum absolute atomic E-state index is 0.0394. The summed E-state index contributed by atoms with van der Waals surface area (Å²) < 4.78 is 51.8. The smallest absolute Gasteiger partial charge is 0.250 e. The Morgan fingerprint density at radius 1 is 1.26 bits per heavy atom. The molecule has 2 aromatic heterocycles. The fourth-order valence-electron chi connectivity index (χ4n) is 3.47. The predicted molar refractivity (Wildman–Crippen MR) is 120 cm³/mol. The number of hydrogen-bond acceptors (Lipinski definition) is 9. The van der Waals surface area contributed by atoms with E-state index in [1.54, 1.807) is 12.1 Å². The molecule has 3 aromatic rings. The van der Waals surface area contributed by atoms with Crippen molar-refractivity contribution < 1.29 is 26.8 Å². The number of benzene rings is 1. The van der Waals surface area contributed by atoms with E-state index in [-0.39, 0.29) is 34.5 Å². The molecule has 0 unspecified atom stereocenters. The average molecular weight is 490 g/mol. The minimum atomic E-state index is -4.07. The molecule has 1 aliphatic rings. The van der Waals surface area contributed by atoms with Crippen molar-refractivity contribution in [1.82, 2.24) is 15.2 Å². The fraction of sp³-hybridized carbons (Fsp3) is 0.364. The molecule has 12 heteroatoms. The van der Waals surface area contributed by atoms with Gasteiger partial charge in [-0.25, -0.2) is 12.8 Å². The molecule has 1 amide bonds. The number of amides is 1. The van der Waals surface area contributed by atoms with Gasteiger partial charge in [0.15, 0.2) is 9.84 Å². The monoisotopic (exact) mass is 489 g/mol. The van der Waals surface area contributed by atoms with Crippen molar-refractivity contribution in [1.29, 1.82) is 0 Å². The Morgan fingerprint density at radius 2 is 2.00 bits per heavy atom. The fourth-order valence-corrected chi connectivity index (χ4v) is 5.03. The van der Waals surface area contributed by atoms with Gasteiger partial charge >= 0.3 is 0 Å². The van der Waals surface area contributed by atoms with E-state index in [0.29, 0.717) is 11.4 Å². The Kier molecular flexibility index (Phi) is 5.90. The number of ether oxygens (including phenoxy) is 1. The molecule has 2 N–H and O–H groups in total. The van der Waals surface area contributed by atoms with Gasteiger partial charge in [-0.05, 0) is 24.3 Å². The molecular formula is C22H24FN5O5S. The summed E-state index contributed by atoms with van der Waals surface area (Å²) in [6.45, 7) is 5.47. The predicted octanol–water partition coefficient (Wildman–Crippen LogP) is 2.22. The van der Waals surface area contributed by atoms with Crippen molar-refractivity contribution in [2.75, 3.05) is 17.8 Å². The van der Waals surface area contributed by atoms with Crippen LogP contribution < -0.4 is 15.4 Å². The van der Waals surface area contributed by atoms with Crippen LogP contribution in [0.15, 0.2) is 39.8 Å². The van der Waals surface area contributed by atoms with Crippen LogP contribution in [0.4, 0.5) is 10.1 Å². The van der Waals surface area contributed by atoms with Crippen molar-refractivity contribution in [2.24, 2.45) is 5.73 Å². The van der Waals surface area contributed by atoms with Crippen molar-refractivity contribution in [2.45, 2.75) is 43.7 Å². The van der Waals surface area contributed by atoms with Gasteiger partial charge in [-0.15, -0.1) is 10.2 Å². The van der Waals surface area contributed by atoms with Crippen LogP contribution in [-0.4, -0.2) is 48.4 Å².